The Hall–Kier alpha value is -2.15. The van der Waals surface area contributed by atoms with Crippen LogP contribution in [0.4, 0.5) is 5.00 Å². The van der Waals surface area contributed by atoms with E-state index in [1.807, 2.05) is 13.8 Å². The van der Waals surface area contributed by atoms with Crippen LogP contribution in [0.1, 0.15) is 50.3 Å². The van der Waals surface area contributed by atoms with Gasteiger partial charge in [0.15, 0.2) is 0 Å². The van der Waals surface area contributed by atoms with Crippen molar-refractivity contribution in [3.05, 3.63) is 33.5 Å². The number of nitrogens with zero attached hydrogens (tertiary/aromatic N) is 2. The van der Waals surface area contributed by atoms with Crippen LogP contribution in [0.15, 0.2) is 6.07 Å². The highest BCUT2D eigenvalue weighted by molar-refractivity contribution is 7.17. The summed E-state index contributed by atoms with van der Waals surface area (Å²) in [5.41, 5.74) is 8.27. The lowest BCUT2D eigenvalue weighted by Gasteiger charge is -2.07. The van der Waals surface area contributed by atoms with Gasteiger partial charge in [-0.2, -0.15) is 5.10 Å². The number of aryl methyl sites for hydroxylation is 3. The first-order valence-corrected chi connectivity index (χ1v) is 8.13. The molecule has 3 N–H and O–H groups in total. The van der Waals surface area contributed by atoms with E-state index in [1.54, 1.807) is 10.7 Å². The van der Waals surface area contributed by atoms with Crippen LogP contribution in [-0.2, 0) is 19.4 Å². The van der Waals surface area contributed by atoms with Gasteiger partial charge in [0.05, 0.1) is 11.3 Å². The van der Waals surface area contributed by atoms with Crippen LogP contribution < -0.4 is 11.1 Å². The van der Waals surface area contributed by atoms with Crippen LogP contribution in [0, 0.1) is 6.92 Å². The van der Waals surface area contributed by atoms with E-state index in [0.29, 0.717) is 22.8 Å². The molecule has 116 valence electrons. The summed E-state index contributed by atoms with van der Waals surface area (Å²) in [6.45, 7) is 4.38. The first-order chi connectivity index (χ1) is 10.5. The lowest BCUT2D eigenvalue weighted by Crippen LogP contribution is -2.20. The summed E-state index contributed by atoms with van der Waals surface area (Å²) >= 11 is 1.46. The Labute approximate surface area is 132 Å². The molecule has 22 heavy (non-hydrogen) atoms. The third-order valence-electron chi connectivity index (χ3n) is 3.83. The molecular weight excluding hydrogens is 300 g/mol. The summed E-state index contributed by atoms with van der Waals surface area (Å²) in [6, 6.07) is 1.74. The fourth-order valence-electron chi connectivity index (χ4n) is 2.89. The molecule has 0 spiro atoms. The van der Waals surface area contributed by atoms with Crippen molar-refractivity contribution < 1.29 is 9.59 Å². The van der Waals surface area contributed by atoms with E-state index in [0.717, 1.165) is 35.4 Å². The van der Waals surface area contributed by atoms with E-state index in [-0.39, 0.29) is 5.91 Å². The zero-order valence-electron chi connectivity index (χ0n) is 12.6. The van der Waals surface area contributed by atoms with Crippen molar-refractivity contribution in [1.82, 2.24) is 9.78 Å². The number of fused-ring (bicyclic) bond motifs is 1. The summed E-state index contributed by atoms with van der Waals surface area (Å²) in [5, 5.41) is 7.67. The molecule has 2 aromatic heterocycles. The molecule has 1 aliphatic carbocycles. The van der Waals surface area contributed by atoms with Gasteiger partial charge < -0.3 is 11.1 Å². The highest BCUT2D eigenvalue weighted by atomic mass is 32.1. The maximum atomic E-state index is 12.5. The fraction of sp³-hybridized carbons (Fsp3) is 0.400. The van der Waals surface area contributed by atoms with Crippen molar-refractivity contribution in [2.75, 3.05) is 5.32 Å². The van der Waals surface area contributed by atoms with Gasteiger partial charge in [0.25, 0.3) is 11.8 Å². The lowest BCUT2D eigenvalue weighted by atomic mass is 10.1. The van der Waals surface area contributed by atoms with Gasteiger partial charge in [0.2, 0.25) is 0 Å². The van der Waals surface area contributed by atoms with E-state index in [2.05, 4.69) is 10.4 Å². The second-order valence-corrected chi connectivity index (χ2v) is 6.47. The van der Waals surface area contributed by atoms with Crippen molar-refractivity contribution in [3.8, 4) is 0 Å². The van der Waals surface area contributed by atoms with Crippen molar-refractivity contribution in [1.29, 1.82) is 0 Å². The number of rotatable bonds is 4. The number of primary amides is 1. The molecule has 3 rings (SSSR count). The second kappa shape index (κ2) is 5.57. The van der Waals surface area contributed by atoms with E-state index >= 15 is 0 Å². The van der Waals surface area contributed by atoms with Crippen molar-refractivity contribution >= 4 is 28.2 Å². The van der Waals surface area contributed by atoms with Crippen LogP contribution in [0.2, 0.25) is 0 Å². The van der Waals surface area contributed by atoms with Crippen LogP contribution in [0.5, 0.6) is 0 Å². The molecule has 0 saturated heterocycles. The number of aromatic nitrogens is 2. The van der Waals surface area contributed by atoms with E-state index in [1.165, 1.54) is 11.3 Å². The SMILES string of the molecule is CCn1nc(C)cc1C(=O)Nc1sc2c(c1C(N)=O)CCC2. The molecule has 2 amide bonds. The van der Waals surface area contributed by atoms with Crippen molar-refractivity contribution in [3.63, 3.8) is 0 Å². The van der Waals surface area contributed by atoms with Gasteiger partial charge in [0.1, 0.15) is 10.7 Å². The molecule has 0 aliphatic heterocycles. The number of hydrogen-bond acceptors (Lipinski definition) is 4. The molecule has 2 aromatic rings. The first kappa shape index (κ1) is 14.8. The van der Waals surface area contributed by atoms with Crippen LogP contribution in [0.25, 0.3) is 0 Å². The molecule has 0 radical (unpaired) electrons. The van der Waals surface area contributed by atoms with Crippen LogP contribution >= 0.6 is 11.3 Å². The standard InChI is InChI=1S/C15H18N4O2S/c1-3-19-10(7-8(2)18-19)14(21)17-15-12(13(16)20)9-5-4-6-11(9)22-15/h7H,3-6H2,1-2H3,(H2,16,20)(H,17,21). The predicted octanol–water partition coefficient (Wildman–Crippen LogP) is 2.11. The maximum Gasteiger partial charge on any atom is 0.274 e. The molecule has 0 aromatic carbocycles. The quantitative estimate of drug-likeness (QED) is 0.904. The van der Waals surface area contributed by atoms with Crippen molar-refractivity contribution in [2.24, 2.45) is 5.73 Å². The normalized spacial score (nSPS) is 13.2. The number of amides is 2. The minimum Gasteiger partial charge on any atom is -0.365 e. The summed E-state index contributed by atoms with van der Waals surface area (Å²) in [7, 11) is 0. The monoisotopic (exact) mass is 318 g/mol. The molecule has 0 saturated carbocycles. The minimum atomic E-state index is -0.477. The Morgan fingerprint density at radius 3 is 2.91 bits per heavy atom. The molecule has 1 aliphatic rings. The van der Waals surface area contributed by atoms with Gasteiger partial charge in [-0.15, -0.1) is 11.3 Å². The largest absolute Gasteiger partial charge is 0.365 e. The number of carbonyl (C=O) groups is 2. The highest BCUT2D eigenvalue weighted by Crippen LogP contribution is 2.38. The van der Waals surface area contributed by atoms with Crippen LogP contribution in [-0.4, -0.2) is 21.6 Å². The van der Waals surface area contributed by atoms with Gasteiger partial charge in [0, 0.05) is 11.4 Å². The molecule has 2 heterocycles. The average Bonchev–Trinajstić information content (AvgIpc) is 3.11. The van der Waals surface area contributed by atoms with Gasteiger partial charge in [-0.25, -0.2) is 0 Å². The molecule has 6 nitrogen and oxygen atoms in total. The second-order valence-electron chi connectivity index (χ2n) is 5.37. The van der Waals surface area contributed by atoms with E-state index in [9.17, 15) is 9.59 Å². The molecular formula is C15H18N4O2S. The summed E-state index contributed by atoms with van der Waals surface area (Å²) in [6.07, 6.45) is 2.84. The van der Waals surface area contributed by atoms with E-state index in [4.69, 9.17) is 5.73 Å². The first-order valence-electron chi connectivity index (χ1n) is 7.31. The third kappa shape index (κ3) is 2.41. The van der Waals surface area contributed by atoms with Crippen LogP contribution in [0.3, 0.4) is 0 Å². The maximum absolute atomic E-state index is 12.5. The van der Waals surface area contributed by atoms with Gasteiger partial charge in [-0.3, -0.25) is 14.3 Å². The summed E-state index contributed by atoms with van der Waals surface area (Å²) in [5.74, 6) is -0.736. The molecule has 0 fully saturated rings. The Bertz CT molecular complexity index is 760. The third-order valence-corrected chi connectivity index (χ3v) is 5.04. The zero-order valence-corrected chi connectivity index (χ0v) is 13.4. The number of carbonyl (C=O) groups excluding carboxylic acids is 2. The number of anilines is 1. The number of hydrogen-bond donors (Lipinski definition) is 2. The molecule has 7 heteroatoms. The number of nitrogens with two attached hydrogens (primary N) is 1. The Balaban J connectivity index is 1.93. The Kier molecular flexibility index (Phi) is 3.74. The topological polar surface area (TPSA) is 90.0 Å². The minimum absolute atomic E-state index is 0.259. The number of thiophene rings is 1. The predicted molar refractivity (Wildman–Crippen MR) is 85.5 cm³/mol. The summed E-state index contributed by atoms with van der Waals surface area (Å²) < 4.78 is 1.65. The molecule has 0 bridgehead atoms. The molecule has 0 atom stereocenters. The fourth-order valence-corrected chi connectivity index (χ4v) is 4.18. The Morgan fingerprint density at radius 1 is 1.45 bits per heavy atom. The molecule has 0 unspecified atom stereocenters. The zero-order chi connectivity index (χ0) is 15.9. The van der Waals surface area contributed by atoms with Crippen molar-refractivity contribution in [2.45, 2.75) is 39.7 Å². The Morgan fingerprint density at radius 2 is 2.23 bits per heavy atom. The van der Waals surface area contributed by atoms with Gasteiger partial charge in [-0.05, 0) is 44.7 Å². The van der Waals surface area contributed by atoms with Gasteiger partial charge >= 0.3 is 0 Å². The average molecular weight is 318 g/mol. The summed E-state index contributed by atoms with van der Waals surface area (Å²) in [4.78, 5) is 25.4. The highest BCUT2D eigenvalue weighted by Gasteiger charge is 2.26. The number of nitrogens with one attached hydrogen (secondary N) is 1. The van der Waals surface area contributed by atoms with E-state index < -0.39 is 5.91 Å². The lowest BCUT2D eigenvalue weighted by molar-refractivity contribution is 0.100. The van der Waals surface area contributed by atoms with Gasteiger partial charge in [-0.1, -0.05) is 0 Å². The smallest absolute Gasteiger partial charge is 0.274 e.